The molecule has 2 rings (SSSR count). The second kappa shape index (κ2) is 5.61. The van der Waals surface area contributed by atoms with E-state index in [9.17, 15) is 8.42 Å². The average Bonchev–Trinajstić information content (AvgIpc) is 2.41. The summed E-state index contributed by atoms with van der Waals surface area (Å²) in [6.45, 7) is 0. The van der Waals surface area contributed by atoms with Gasteiger partial charge in [-0.05, 0) is 35.9 Å². The number of rotatable bonds is 3. The first-order chi connectivity index (χ1) is 9.42. The van der Waals surface area contributed by atoms with Gasteiger partial charge in [0, 0.05) is 10.7 Å². The molecule has 0 atom stereocenters. The topological polar surface area (TPSA) is 96.8 Å². The van der Waals surface area contributed by atoms with E-state index < -0.39 is 9.84 Å². The van der Waals surface area contributed by atoms with Gasteiger partial charge in [0.15, 0.2) is 9.84 Å². The Bertz CT molecular complexity index is 798. The van der Waals surface area contributed by atoms with Gasteiger partial charge in [-0.2, -0.15) is 5.26 Å². The Hall–Kier alpha value is -1.91. The number of hydrogen-bond donors (Lipinski definition) is 1. The molecule has 0 saturated carbocycles. The van der Waals surface area contributed by atoms with Crippen molar-refractivity contribution in [2.75, 3.05) is 5.73 Å². The molecule has 0 fully saturated rings. The predicted octanol–water partition coefficient (Wildman–Crippen LogP) is 2.27. The highest BCUT2D eigenvalue weighted by atomic mass is 79.9. The Morgan fingerprint density at radius 3 is 2.75 bits per heavy atom. The Balaban J connectivity index is 2.41. The monoisotopic (exact) mass is 351 g/mol. The summed E-state index contributed by atoms with van der Waals surface area (Å²) in [4.78, 5) is 3.88. The van der Waals surface area contributed by atoms with Crippen LogP contribution in [0.3, 0.4) is 0 Å². The van der Waals surface area contributed by atoms with Gasteiger partial charge in [-0.15, -0.1) is 0 Å². The van der Waals surface area contributed by atoms with Gasteiger partial charge in [-0.3, -0.25) is 0 Å². The lowest BCUT2D eigenvalue weighted by atomic mass is 10.2. The van der Waals surface area contributed by atoms with Crippen molar-refractivity contribution in [2.24, 2.45) is 0 Å². The first-order valence-electron chi connectivity index (χ1n) is 5.55. The molecule has 0 aliphatic rings. The lowest BCUT2D eigenvalue weighted by molar-refractivity contribution is 0.595. The van der Waals surface area contributed by atoms with Crippen molar-refractivity contribution in [2.45, 2.75) is 10.6 Å². The van der Waals surface area contributed by atoms with Gasteiger partial charge in [-0.1, -0.05) is 15.9 Å². The maximum atomic E-state index is 12.4. The average molecular weight is 352 g/mol. The molecule has 1 aromatic heterocycles. The van der Waals surface area contributed by atoms with E-state index in [0.717, 1.165) is 0 Å². The standard InChI is InChI=1S/C13H10BrN3O2S/c14-10-1-2-12(16)13(6-10)20(18,19)8-9-3-4-17-11(5-9)7-15/h1-6H,8,16H2. The van der Waals surface area contributed by atoms with Crippen LogP contribution in [0.25, 0.3) is 0 Å². The van der Waals surface area contributed by atoms with Crippen molar-refractivity contribution in [1.82, 2.24) is 4.98 Å². The maximum Gasteiger partial charge on any atom is 0.184 e. The van der Waals surface area contributed by atoms with Crippen LogP contribution in [0.5, 0.6) is 0 Å². The number of nitrogens with zero attached hydrogens (tertiary/aromatic N) is 2. The highest BCUT2D eigenvalue weighted by Gasteiger charge is 2.19. The number of nitriles is 1. The Labute approximate surface area is 125 Å². The quantitative estimate of drug-likeness (QED) is 0.855. The fourth-order valence-corrected chi connectivity index (χ4v) is 3.72. The minimum Gasteiger partial charge on any atom is -0.398 e. The molecule has 2 N–H and O–H groups in total. The zero-order valence-electron chi connectivity index (χ0n) is 10.2. The molecule has 102 valence electrons. The van der Waals surface area contributed by atoms with E-state index in [-0.39, 0.29) is 22.0 Å². The van der Waals surface area contributed by atoms with E-state index in [1.54, 1.807) is 12.1 Å². The summed E-state index contributed by atoms with van der Waals surface area (Å²) in [6, 6.07) is 9.56. The third kappa shape index (κ3) is 3.15. The van der Waals surface area contributed by atoms with Crippen LogP contribution in [0.15, 0.2) is 45.9 Å². The van der Waals surface area contributed by atoms with Crippen molar-refractivity contribution in [1.29, 1.82) is 5.26 Å². The molecule has 0 bridgehead atoms. The maximum absolute atomic E-state index is 12.4. The third-order valence-corrected chi connectivity index (χ3v) is 4.84. The molecule has 5 nitrogen and oxygen atoms in total. The predicted molar refractivity (Wildman–Crippen MR) is 78.4 cm³/mol. The van der Waals surface area contributed by atoms with Gasteiger partial charge in [0.25, 0.3) is 0 Å². The van der Waals surface area contributed by atoms with Crippen LogP contribution in [0.2, 0.25) is 0 Å². The Morgan fingerprint density at radius 1 is 1.30 bits per heavy atom. The summed E-state index contributed by atoms with van der Waals surface area (Å²) in [5.41, 5.74) is 6.59. The zero-order valence-corrected chi connectivity index (χ0v) is 12.6. The van der Waals surface area contributed by atoms with Crippen molar-refractivity contribution >= 4 is 31.5 Å². The largest absolute Gasteiger partial charge is 0.398 e. The van der Waals surface area contributed by atoms with E-state index in [1.165, 1.54) is 24.4 Å². The molecule has 1 heterocycles. The van der Waals surface area contributed by atoms with Crippen molar-refractivity contribution < 1.29 is 8.42 Å². The SMILES string of the molecule is N#Cc1cc(CS(=O)(=O)c2cc(Br)ccc2N)ccn1. The highest BCUT2D eigenvalue weighted by Crippen LogP contribution is 2.26. The lowest BCUT2D eigenvalue weighted by Gasteiger charge is -2.08. The summed E-state index contributed by atoms with van der Waals surface area (Å²) >= 11 is 3.22. The van der Waals surface area contributed by atoms with Gasteiger partial charge in [0.05, 0.1) is 16.3 Å². The van der Waals surface area contributed by atoms with Gasteiger partial charge < -0.3 is 5.73 Å². The molecule has 0 spiro atoms. The summed E-state index contributed by atoms with van der Waals surface area (Å²) < 4.78 is 25.4. The molecule has 1 aromatic carbocycles. The Morgan fingerprint density at radius 2 is 2.05 bits per heavy atom. The number of benzene rings is 1. The van der Waals surface area contributed by atoms with Crippen LogP contribution in [0.1, 0.15) is 11.3 Å². The van der Waals surface area contributed by atoms with E-state index in [0.29, 0.717) is 10.0 Å². The number of anilines is 1. The minimum absolute atomic E-state index is 0.0715. The summed E-state index contributed by atoms with van der Waals surface area (Å²) in [6.07, 6.45) is 1.41. The molecule has 0 radical (unpaired) electrons. The van der Waals surface area contributed by atoms with Crippen LogP contribution < -0.4 is 5.73 Å². The van der Waals surface area contributed by atoms with E-state index in [4.69, 9.17) is 11.0 Å². The smallest absolute Gasteiger partial charge is 0.184 e. The highest BCUT2D eigenvalue weighted by molar-refractivity contribution is 9.10. The molecule has 0 unspecified atom stereocenters. The van der Waals surface area contributed by atoms with E-state index in [2.05, 4.69) is 20.9 Å². The van der Waals surface area contributed by atoms with Crippen LogP contribution in [-0.4, -0.2) is 13.4 Å². The van der Waals surface area contributed by atoms with Crippen molar-refractivity contribution in [3.05, 3.63) is 52.3 Å². The van der Waals surface area contributed by atoms with Gasteiger partial charge in [-0.25, -0.2) is 13.4 Å². The first-order valence-corrected chi connectivity index (χ1v) is 8.00. The second-order valence-electron chi connectivity index (χ2n) is 4.10. The number of nitrogens with two attached hydrogens (primary N) is 1. The van der Waals surface area contributed by atoms with E-state index >= 15 is 0 Å². The molecule has 0 saturated heterocycles. The Kier molecular flexibility index (Phi) is 4.06. The first kappa shape index (κ1) is 14.5. The van der Waals surface area contributed by atoms with Gasteiger partial charge in [0.1, 0.15) is 11.8 Å². The van der Waals surface area contributed by atoms with Gasteiger partial charge in [0.2, 0.25) is 0 Å². The van der Waals surface area contributed by atoms with Gasteiger partial charge >= 0.3 is 0 Å². The number of hydrogen-bond acceptors (Lipinski definition) is 5. The lowest BCUT2D eigenvalue weighted by Crippen LogP contribution is -2.08. The minimum atomic E-state index is -3.58. The second-order valence-corrected chi connectivity index (χ2v) is 6.98. The normalized spacial score (nSPS) is 11.0. The van der Waals surface area contributed by atoms with Crippen LogP contribution in [0, 0.1) is 11.3 Å². The number of halogens is 1. The van der Waals surface area contributed by atoms with Crippen LogP contribution in [0.4, 0.5) is 5.69 Å². The van der Waals surface area contributed by atoms with Crippen molar-refractivity contribution in [3.63, 3.8) is 0 Å². The summed E-state index contributed by atoms with van der Waals surface area (Å²) in [7, 11) is -3.58. The molecular formula is C13H10BrN3O2S. The van der Waals surface area contributed by atoms with Crippen LogP contribution in [-0.2, 0) is 15.6 Å². The number of sulfone groups is 1. The molecule has 7 heteroatoms. The molecule has 0 aliphatic carbocycles. The fourth-order valence-electron chi connectivity index (χ4n) is 1.70. The summed E-state index contributed by atoms with van der Waals surface area (Å²) in [5.74, 6) is -0.231. The molecular weight excluding hydrogens is 342 g/mol. The number of nitrogen functional groups attached to an aromatic ring is 1. The zero-order chi connectivity index (χ0) is 14.8. The van der Waals surface area contributed by atoms with Crippen LogP contribution >= 0.6 is 15.9 Å². The van der Waals surface area contributed by atoms with Crippen molar-refractivity contribution in [3.8, 4) is 6.07 Å². The molecule has 2 aromatic rings. The number of pyridine rings is 1. The van der Waals surface area contributed by atoms with E-state index in [1.807, 2.05) is 6.07 Å². The third-order valence-electron chi connectivity index (χ3n) is 2.61. The molecule has 0 amide bonds. The fraction of sp³-hybridized carbons (Fsp3) is 0.0769. The molecule has 0 aliphatic heterocycles. The number of aromatic nitrogens is 1. The summed E-state index contributed by atoms with van der Waals surface area (Å²) in [5, 5.41) is 8.77. The molecule has 20 heavy (non-hydrogen) atoms.